The second-order valence-corrected chi connectivity index (χ2v) is 11.2. The molecule has 1 aliphatic rings. The zero-order valence-electron chi connectivity index (χ0n) is 21.9. The third-order valence-corrected chi connectivity index (χ3v) is 7.11. The predicted molar refractivity (Wildman–Crippen MR) is 139 cm³/mol. The maximum absolute atomic E-state index is 13.7. The number of rotatable bonds is 12. The van der Waals surface area contributed by atoms with Crippen molar-refractivity contribution in [1.29, 1.82) is 0 Å². The van der Waals surface area contributed by atoms with Gasteiger partial charge in [-0.25, -0.2) is 4.39 Å². The fraction of sp³-hybridized carbons (Fsp3) is 0.577. The normalized spacial score (nSPS) is 16.0. The Morgan fingerprint density at radius 1 is 1.11 bits per heavy atom. The zero-order chi connectivity index (χ0) is 27.0. The molecule has 0 saturated heterocycles. The molecule has 1 heterocycles. The first kappa shape index (κ1) is 28.8. The summed E-state index contributed by atoms with van der Waals surface area (Å²) in [4.78, 5) is 42.0. The van der Waals surface area contributed by atoms with Crippen molar-refractivity contribution in [3.8, 4) is 0 Å². The van der Waals surface area contributed by atoms with Crippen LogP contribution in [0.4, 0.5) is 4.39 Å². The number of Topliss-reactive ketones (excluding diaryl/α,β-unsaturated/α-hetero) is 1. The number of amides is 2. The fourth-order valence-electron chi connectivity index (χ4n) is 4.29. The van der Waals surface area contributed by atoms with E-state index in [0.29, 0.717) is 24.5 Å². The Balaban J connectivity index is 1.76. The molecule has 202 valence electrons. The molecule has 37 heavy (non-hydrogen) atoms. The van der Waals surface area contributed by atoms with E-state index in [0.717, 1.165) is 31.6 Å². The van der Waals surface area contributed by atoms with Crippen molar-refractivity contribution in [3.05, 3.63) is 41.5 Å². The summed E-state index contributed by atoms with van der Waals surface area (Å²) in [6, 6.07) is 4.30. The van der Waals surface area contributed by atoms with E-state index in [-0.39, 0.29) is 17.4 Å². The summed E-state index contributed by atoms with van der Waals surface area (Å²) in [5.41, 5.74) is -0.902. The van der Waals surface area contributed by atoms with Gasteiger partial charge in [-0.1, -0.05) is 44.9 Å². The number of benzene rings is 1. The monoisotopic (exact) mass is 533 g/mol. The van der Waals surface area contributed by atoms with Crippen molar-refractivity contribution in [2.75, 3.05) is 26.4 Å². The fourth-order valence-corrected chi connectivity index (χ4v) is 5.15. The van der Waals surface area contributed by atoms with Crippen LogP contribution in [0.5, 0.6) is 0 Å². The Morgan fingerprint density at radius 2 is 1.78 bits per heavy atom. The smallest absolute Gasteiger partial charge is 0.286 e. The molecule has 1 fully saturated rings. The molecule has 1 atom stereocenters. The van der Waals surface area contributed by atoms with E-state index in [1.165, 1.54) is 36.0 Å². The second-order valence-electron chi connectivity index (χ2n) is 10.1. The zero-order valence-corrected chi connectivity index (χ0v) is 22.7. The SMILES string of the molecule is CC(C)CC(NC(=O)C1(NC(=O)c2ccc(F)cc2)CCCCC1)C(=O)c1nnc(SCCN(C)C)o1. The molecule has 2 N–H and O–H groups in total. The minimum atomic E-state index is -1.17. The van der Waals surface area contributed by atoms with Gasteiger partial charge in [-0.2, -0.15) is 0 Å². The molecule has 3 rings (SSSR count). The van der Waals surface area contributed by atoms with Crippen molar-refractivity contribution in [2.24, 2.45) is 5.92 Å². The maximum atomic E-state index is 13.7. The maximum Gasteiger partial charge on any atom is 0.286 e. The van der Waals surface area contributed by atoms with Gasteiger partial charge in [0.2, 0.25) is 11.7 Å². The summed E-state index contributed by atoms with van der Waals surface area (Å²) in [7, 11) is 3.92. The summed E-state index contributed by atoms with van der Waals surface area (Å²) in [6.45, 7) is 4.72. The largest absolute Gasteiger partial charge is 0.408 e. The van der Waals surface area contributed by atoms with E-state index in [1.807, 2.05) is 32.8 Å². The molecule has 11 heteroatoms. The van der Waals surface area contributed by atoms with Gasteiger partial charge in [-0.15, -0.1) is 10.2 Å². The second kappa shape index (κ2) is 13.1. The standard InChI is InChI=1S/C26H36FN5O4S/c1-17(2)16-20(21(33)23-30-31-25(36-23)37-15-14-32(3)4)28-24(35)26(12-6-5-7-13-26)29-22(34)18-8-10-19(27)11-9-18/h8-11,17,20H,5-7,12-16H2,1-4H3,(H,28,35)(H,29,34). The molecule has 0 radical (unpaired) electrons. The number of thioether (sulfide) groups is 1. The lowest BCUT2D eigenvalue weighted by Gasteiger charge is -2.37. The van der Waals surface area contributed by atoms with Gasteiger partial charge in [-0.3, -0.25) is 14.4 Å². The molecule has 0 aliphatic heterocycles. The van der Waals surface area contributed by atoms with Crippen molar-refractivity contribution in [2.45, 2.75) is 69.2 Å². The molecule has 9 nitrogen and oxygen atoms in total. The topological polar surface area (TPSA) is 117 Å². The Hall–Kier alpha value is -2.79. The van der Waals surface area contributed by atoms with E-state index in [1.54, 1.807) is 0 Å². The average molecular weight is 534 g/mol. The van der Waals surface area contributed by atoms with Crippen LogP contribution in [0.15, 0.2) is 33.9 Å². The summed E-state index contributed by atoms with van der Waals surface area (Å²) in [6.07, 6.45) is 3.74. The van der Waals surface area contributed by atoms with Crippen LogP contribution in [-0.2, 0) is 4.79 Å². The van der Waals surface area contributed by atoms with Crippen LogP contribution in [0.1, 0.15) is 73.4 Å². The van der Waals surface area contributed by atoms with Crippen LogP contribution in [0.2, 0.25) is 0 Å². The third-order valence-electron chi connectivity index (χ3n) is 6.31. The quantitative estimate of drug-likeness (QED) is 0.313. The average Bonchev–Trinajstić information content (AvgIpc) is 3.32. The van der Waals surface area contributed by atoms with Crippen LogP contribution in [-0.4, -0.2) is 70.7 Å². The lowest BCUT2D eigenvalue weighted by molar-refractivity contribution is -0.129. The molecule has 1 aromatic heterocycles. The Kier molecular flexibility index (Phi) is 10.2. The summed E-state index contributed by atoms with van der Waals surface area (Å²) in [5, 5.41) is 14.0. The van der Waals surface area contributed by atoms with E-state index >= 15 is 0 Å². The van der Waals surface area contributed by atoms with Gasteiger partial charge in [-0.05, 0) is 63.5 Å². The minimum Gasteiger partial charge on any atom is -0.408 e. The highest BCUT2D eigenvalue weighted by Gasteiger charge is 2.43. The number of carbonyl (C=O) groups is 3. The van der Waals surface area contributed by atoms with Crippen LogP contribution in [0.3, 0.4) is 0 Å². The number of carbonyl (C=O) groups excluding carboxylic acids is 3. The highest BCUT2D eigenvalue weighted by Crippen LogP contribution is 2.30. The van der Waals surface area contributed by atoms with Gasteiger partial charge >= 0.3 is 0 Å². The predicted octanol–water partition coefficient (Wildman–Crippen LogP) is 3.71. The molecule has 1 saturated carbocycles. The number of aromatic nitrogens is 2. The summed E-state index contributed by atoms with van der Waals surface area (Å²) < 4.78 is 18.9. The molecule has 1 aliphatic carbocycles. The first-order valence-electron chi connectivity index (χ1n) is 12.6. The molecular formula is C26H36FN5O4S. The molecule has 0 spiro atoms. The highest BCUT2D eigenvalue weighted by atomic mass is 32.2. The van der Waals surface area contributed by atoms with Crippen molar-refractivity contribution in [3.63, 3.8) is 0 Å². The highest BCUT2D eigenvalue weighted by molar-refractivity contribution is 7.99. The van der Waals surface area contributed by atoms with Crippen molar-refractivity contribution in [1.82, 2.24) is 25.7 Å². The number of halogens is 1. The van der Waals surface area contributed by atoms with Crippen LogP contribution in [0.25, 0.3) is 0 Å². The number of hydrogen-bond acceptors (Lipinski definition) is 8. The van der Waals surface area contributed by atoms with Crippen LogP contribution >= 0.6 is 11.8 Å². The van der Waals surface area contributed by atoms with E-state index < -0.39 is 35.0 Å². The number of hydrogen-bond donors (Lipinski definition) is 2. The van der Waals surface area contributed by atoms with Gasteiger partial charge in [0.1, 0.15) is 11.4 Å². The molecular weight excluding hydrogens is 497 g/mol. The van der Waals surface area contributed by atoms with Gasteiger partial charge < -0.3 is 20.0 Å². The summed E-state index contributed by atoms with van der Waals surface area (Å²) >= 11 is 1.36. The molecule has 0 bridgehead atoms. The molecule has 2 aromatic rings. The van der Waals surface area contributed by atoms with E-state index in [9.17, 15) is 18.8 Å². The van der Waals surface area contributed by atoms with E-state index in [4.69, 9.17) is 4.42 Å². The molecule has 2 amide bonds. The molecule has 1 unspecified atom stereocenters. The molecule has 1 aromatic carbocycles. The van der Waals surface area contributed by atoms with Crippen LogP contribution in [0, 0.1) is 11.7 Å². The Morgan fingerprint density at radius 3 is 2.41 bits per heavy atom. The third kappa shape index (κ3) is 8.10. The lowest BCUT2D eigenvalue weighted by Crippen LogP contribution is -2.62. The van der Waals surface area contributed by atoms with E-state index in [2.05, 4.69) is 20.8 Å². The van der Waals surface area contributed by atoms with Crippen LogP contribution < -0.4 is 10.6 Å². The number of nitrogens with zero attached hydrogens (tertiary/aromatic N) is 3. The lowest BCUT2D eigenvalue weighted by atomic mass is 9.80. The van der Waals surface area contributed by atoms with Gasteiger partial charge in [0.05, 0.1) is 6.04 Å². The van der Waals surface area contributed by atoms with Gasteiger partial charge in [0.15, 0.2) is 0 Å². The Labute approximate surface area is 221 Å². The first-order valence-corrected chi connectivity index (χ1v) is 13.6. The van der Waals surface area contributed by atoms with Crippen molar-refractivity contribution < 1.29 is 23.2 Å². The van der Waals surface area contributed by atoms with Gasteiger partial charge in [0, 0.05) is 17.9 Å². The van der Waals surface area contributed by atoms with Gasteiger partial charge in [0.25, 0.3) is 17.0 Å². The minimum absolute atomic E-state index is 0.0993. The summed E-state index contributed by atoms with van der Waals surface area (Å²) in [5.74, 6) is -1.09. The number of ketones is 1. The van der Waals surface area contributed by atoms with Crippen molar-refractivity contribution >= 4 is 29.4 Å². The number of nitrogens with one attached hydrogen (secondary N) is 2. The first-order chi connectivity index (χ1) is 17.6. The Bertz CT molecular complexity index is 1070.